The monoisotopic (exact) mass is 386 g/mol. The minimum atomic E-state index is -4.91. The number of hydrogen-bond donors (Lipinski definition) is 0. The van der Waals surface area contributed by atoms with Crippen molar-refractivity contribution in [2.75, 3.05) is 0 Å². The van der Waals surface area contributed by atoms with Crippen molar-refractivity contribution in [3.63, 3.8) is 0 Å². The van der Waals surface area contributed by atoms with E-state index in [2.05, 4.69) is 0 Å². The fourth-order valence-electron chi connectivity index (χ4n) is 3.57. The van der Waals surface area contributed by atoms with Gasteiger partial charge in [-0.2, -0.15) is 26.3 Å². The summed E-state index contributed by atoms with van der Waals surface area (Å²) in [5, 5.41) is 0. The van der Waals surface area contributed by atoms with Crippen molar-refractivity contribution in [2.24, 2.45) is 5.92 Å². The van der Waals surface area contributed by atoms with Gasteiger partial charge in [-0.15, -0.1) is 0 Å². The van der Waals surface area contributed by atoms with E-state index in [-0.39, 0.29) is 28.9 Å². The van der Waals surface area contributed by atoms with Crippen LogP contribution in [0.2, 0.25) is 0 Å². The maximum atomic E-state index is 13.1. The molecule has 0 spiro atoms. The molecule has 1 aliphatic carbocycles. The van der Waals surface area contributed by atoms with E-state index in [0.717, 1.165) is 0 Å². The molecule has 0 N–H and O–H groups in total. The van der Waals surface area contributed by atoms with Crippen LogP contribution in [-0.2, 0) is 18.8 Å². The standard InChI is InChI=1S/C20H16F6O/c1-3-11-8-16-15(5-4-10(2)17(16)18(11)27)12-6-13(19(21,22)23)9-14(7-12)20(24,25)26/h4-7,9,11H,3,8H2,1-2H3. The van der Waals surface area contributed by atoms with Crippen molar-refractivity contribution in [3.05, 3.63) is 58.1 Å². The number of alkyl halides is 6. The Morgan fingerprint density at radius 3 is 2.00 bits per heavy atom. The van der Waals surface area contributed by atoms with Gasteiger partial charge >= 0.3 is 12.4 Å². The van der Waals surface area contributed by atoms with Crippen LogP contribution in [0.4, 0.5) is 26.3 Å². The molecule has 0 aromatic heterocycles. The predicted octanol–water partition coefficient (Wildman–Crippen LogP) is 6.46. The van der Waals surface area contributed by atoms with E-state index in [1.54, 1.807) is 13.0 Å². The van der Waals surface area contributed by atoms with E-state index in [1.165, 1.54) is 6.07 Å². The smallest absolute Gasteiger partial charge is 0.294 e. The SMILES string of the molecule is CCC1Cc2c(-c3cc(C(F)(F)F)cc(C(F)(F)F)c3)ccc(C)c2C1=O. The number of carbonyl (C=O) groups is 1. The van der Waals surface area contributed by atoms with Crippen LogP contribution in [0.25, 0.3) is 11.1 Å². The molecule has 0 fully saturated rings. The molecule has 27 heavy (non-hydrogen) atoms. The van der Waals surface area contributed by atoms with Crippen molar-refractivity contribution in [1.82, 2.24) is 0 Å². The number of benzene rings is 2. The summed E-state index contributed by atoms with van der Waals surface area (Å²) >= 11 is 0. The highest BCUT2D eigenvalue weighted by atomic mass is 19.4. The van der Waals surface area contributed by atoms with Crippen LogP contribution in [0.5, 0.6) is 0 Å². The molecule has 3 rings (SSSR count). The summed E-state index contributed by atoms with van der Waals surface area (Å²) in [5.41, 5.74) is -1.03. The maximum Gasteiger partial charge on any atom is 0.416 e. The van der Waals surface area contributed by atoms with Gasteiger partial charge in [0.2, 0.25) is 0 Å². The van der Waals surface area contributed by atoms with Crippen LogP contribution in [0.15, 0.2) is 30.3 Å². The molecule has 0 heterocycles. The molecule has 1 aliphatic rings. The Balaban J connectivity index is 2.26. The van der Waals surface area contributed by atoms with Gasteiger partial charge in [-0.3, -0.25) is 4.79 Å². The quantitative estimate of drug-likeness (QED) is 0.541. The second-order valence-electron chi connectivity index (χ2n) is 6.75. The highest BCUT2D eigenvalue weighted by molar-refractivity contribution is 6.05. The number of Topliss-reactive ketones (excluding diaryl/α,β-unsaturated/α-hetero) is 1. The van der Waals surface area contributed by atoms with Gasteiger partial charge in [0, 0.05) is 11.5 Å². The van der Waals surface area contributed by atoms with Crippen LogP contribution in [0.1, 0.15) is 46.0 Å². The Morgan fingerprint density at radius 1 is 0.963 bits per heavy atom. The van der Waals surface area contributed by atoms with Crippen molar-refractivity contribution < 1.29 is 31.1 Å². The molecule has 0 amide bonds. The van der Waals surface area contributed by atoms with E-state index >= 15 is 0 Å². The van der Waals surface area contributed by atoms with Crippen molar-refractivity contribution in [2.45, 2.75) is 39.0 Å². The van der Waals surface area contributed by atoms with Gasteiger partial charge in [-0.25, -0.2) is 0 Å². The molecule has 1 unspecified atom stereocenters. The molecule has 2 aromatic carbocycles. The van der Waals surface area contributed by atoms with Gasteiger partial charge in [0.15, 0.2) is 5.78 Å². The summed E-state index contributed by atoms with van der Waals surface area (Å²) in [6.07, 6.45) is -8.95. The second kappa shape index (κ2) is 6.39. The predicted molar refractivity (Wildman–Crippen MR) is 88.4 cm³/mol. The van der Waals surface area contributed by atoms with Gasteiger partial charge in [-0.1, -0.05) is 19.1 Å². The second-order valence-corrected chi connectivity index (χ2v) is 6.75. The van der Waals surface area contributed by atoms with Crippen LogP contribution >= 0.6 is 0 Å². The number of aryl methyl sites for hydroxylation is 1. The van der Waals surface area contributed by atoms with Crippen LogP contribution < -0.4 is 0 Å². The zero-order valence-electron chi connectivity index (χ0n) is 14.6. The summed E-state index contributed by atoms with van der Waals surface area (Å²) in [4.78, 5) is 12.5. The highest BCUT2D eigenvalue weighted by Gasteiger charge is 2.38. The minimum absolute atomic E-state index is 0.102. The van der Waals surface area contributed by atoms with Crippen molar-refractivity contribution >= 4 is 5.78 Å². The zero-order chi connectivity index (χ0) is 20.1. The number of halogens is 6. The maximum absolute atomic E-state index is 13.1. The average molecular weight is 386 g/mol. The third-order valence-electron chi connectivity index (χ3n) is 4.98. The normalized spacial score (nSPS) is 17.3. The summed E-state index contributed by atoms with van der Waals surface area (Å²) in [6.45, 7) is 3.54. The molecule has 7 heteroatoms. The molecule has 144 valence electrons. The topological polar surface area (TPSA) is 17.1 Å². The summed E-state index contributed by atoms with van der Waals surface area (Å²) in [5.74, 6) is -0.400. The first-order valence-electron chi connectivity index (χ1n) is 8.40. The molecule has 0 bridgehead atoms. The molecule has 0 radical (unpaired) electrons. The lowest BCUT2D eigenvalue weighted by Gasteiger charge is -2.16. The number of carbonyl (C=O) groups excluding carboxylic acids is 1. The lowest BCUT2D eigenvalue weighted by Crippen LogP contribution is -2.11. The number of rotatable bonds is 2. The lowest BCUT2D eigenvalue weighted by molar-refractivity contribution is -0.143. The molecule has 2 aromatic rings. The molecule has 0 saturated carbocycles. The first-order chi connectivity index (χ1) is 12.4. The van der Waals surface area contributed by atoms with Crippen LogP contribution in [-0.4, -0.2) is 5.78 Å². The average Bonchev–Trinajstić information content (AvgIpc) is 2.91. The fourth-order valence-corrected chi connectivity index (χ4v) is 3.57. The van der Waals surface area contributed by atoms with Gasteiger partial charge in [-0.05, 0) is 60.2 Å². The molecule has 1 nitrogen and oxygen atoms in total. The Bertz CT molecular complexity index is 876. The van der Waals surface area contributed by atoms with Gasteiger partial charge in [0.05, 0.1) is 11.1 Å². The molecule has 0 aliphatic heterocycles. The lowest BCUT2D eigenvalue weighted by atomic mass is 9.91. The van der Waals surface area contributed by atoms with Gasteiger partial charge < -0.3 is 0 Å². The van der Waals surface area contributed by atoms with E-state index in [9.17, 15) is 31.1 Å². The Hall–Kier alpha value is -2.31. The van der Waals surface area contributed by atoms with E-state index in [0.29, 0.717) is 41.7 Å². The van der Waals surface area contributed by atoms with E-state index < -0.39 is 23.5 Å². The molecular weight excluding hydrogens is 370 g/mol. The highest BCUT2D eigenvalue weighted by Crippen LogP contribution is 2.42. The van der Waals surface area contributed by atoms with Crippen molar-refractivity contribution in [3.8, 4) is 11.1 Å². The summed E-state index contributed by atoms with van der Waals surface area (Å²) in [6, 6.07) is 4.60. The first-order valence-corrected chi connectivity index (χ1v) is 8.40. The summed E-state index contributed by atoms with van der Waals surface area (Å²) in [7, 11) is 0. The Morgan fingerprint density at radius 2 is 1.52 bits per heavy atom. The molecule has 0 saturated heterocycles. The fraction of sp³-hybridized carbons (Fsp3) is 0.350. The van der Waals surface area contributed by atoms with Gasteiger partial charge in [0.25, 0.3) is 0 Å². The number of hydrogen-bond acceptors (Lipinski definition) is 1. The van der Waals surface area contributed by atoms with Crippen LogP contribution in [0, 0.1) is 12.8 Å². The first kappa shape index (κ1) is 19.5. The molecule has 1 atom stereocenters. The zero-order valence-corrected chi connectivity index (χ0v) is 14.6. The van der Waals surface area contributed by atoms with E-state index in [4.69, 9.17) is 0 Å². The largest absolute Gasteiger partial charge is 0.416 e. The number of ketones is 1. The third-order valence-corrected chi connectivity index (χ3v) is 4.98. The van der Waals surface area contributed by atoms with Crippen molar-refractivity contribution in [1.29, 1.82) is 0 Å². The Labute approximate surface area is 152 Å². The van der Waals surface area contributed by atoms with E-state index in [1.807, 2.05) is 6.92 Å². The Kier molecular flexibility index (Phi) is 4.60. The van der Waals surface area contributed by atoms with Crippen LogP contribution in [0.3, 0.4) is 0 Å². The number of fused-ring (bicyclic) bond motifs is 1. The van der Waals surface area contributed by atoms with Gasteiger partial charge in [0.1, 0.15) is 0 Å². The summed E-state index contributed by atoms with van der Waals surface area (Å²) < 4.78 is 78.9. The molecular formula is C20H16F6O. The minimum Gasteiger partial charge on any atom is -0.294 e. The third kappa shape index (κ3) is 3.47.